The van der Waals surface area contributed by atoms with Gasteiger partial charge in [-0.1, -0.05) is 12.1 Å². The Morgan fingerprint density at radius 1 is 0.864 bits per heavy atom. The van der Waals surface area contributed by atoms with Crippen LogP contribution in [0.3, 0.4) is 0 Å². The van der Waals surface area contributed by atoms with E-state index in [0.717, 1.165) is 21.5 Å². The highest BCUT2D eigenvalue weighted by atomic mass is 16.5. The normalized spacial score (nSPS) is 10.8. The lowest BCUT2D eigenvalue weighted by atomic mass is 10.00. The molecule has 0 aliphatic heterocycles. The van der Waals surface area contributed by atoms with Gasteiger partial charge in [0.15, 0.2) is 0 Å². The zero-order valence-electron chi connectivity index (χ0n) is 12.0. The maximum atomic E-state index is 11.8. The predicted octanol–water partition coefficient (Wildman–Crippen LogP) is 3.87. The third-order valence-corrected chi connectivity index (χ3v) is 3.55. The van der Waals surface area contributed by atoms with Crippen LogP contribution in [-0.4, -0.2) is 23.7 Å². The van der Waals surface area contributed by atoms with Gasteiger partial charge in [0.2, 0.25) is 0 Å². The molecule has 0 aliphatic carbocycles. The van der Waals surface area contributed by atoms with Crippen LogP contribution in [0.4, 0.5) is 0 Å². The summed E-state index contributed by atoms with van der Waals surface area (Å²) in [5.74, 6) is -1.31. The second-order valence-electron chi connectivity index (χ2n) is 5.00. The fraction of sp³-hybridized carbons (Fsp3) is 0.111. The quantitative estimate of drug-likeness (QED) is 0.588. The fourth-order valence-electron chi connectivity index (χ4n) is 2.47. The van der Waals surface area contributed by atoms with E-state index in [4.69, 9.17) is 9.84 Å². The molecule has 1 N–H and O–H groups in total. The fourth-order valence-corrected chi connectivity index (χ4v) is 2.47. The van der Waals surface area contributed by atoms with Crippen LogP contribution in [-0.2, 0) is 4.74 Å². The summed E-state index contributed by atoms with van der Waals surface area (Å²) < 4.78 is 5.00. The molecule has 0 heterocycles. The van der Waals surface area contributed by atoms with Crippen molar-refractivity contribution in [3.05, 3.63) is 59.7 Å². The number of aromatic carboxylic acids is 1. The smallest absolute Gasteiger partial charge is 0.338 e. The van der Waals surface area contributed by atoms with Crippen LogP contribution in [0.1, 0.15) is 27.6 Å². The minimum Gasteiger partial charge on any atom is -0.478 e. The lowest BCUT2D eigenvalue weighted by molar-refractivity contribution is 0.0526. The summed E-state index contributed by atoms with van der Waals surface area (Å²) in [5, 5.41) is 12.7. The molecule has 0 unspecified atom stereocenters. The zero-order valence-corrected chi connectivity index (χ0v) is 12.0. The van der Waals surface area contributed by atoms with E-state index < -0.39 is 5.97 Å². The van der Waals surface area contributed by atoms with Gasteiger partial charge in [-0.3, -0.25) is 0 Å². The van der Waals surface area contributed by atoms with Gasteiger partial charge in [-0.15, -0.1) is 0 Å². The number of benzene rings is 3. The first-order valence-corrected chi connectivity index (χ1v) is 6.96. The van der Waals surface area contributed by atoms with Crippen LogP contribution in [0.15, 0.2) is 48.5 Å². The molecular formula is C18H14O4. The highest BCUT2D eigenvalue weighted by Gasteiger charge is 2.09. The SMILES string of the molecule is CCOC(=O)c1ccc2cc3ccc(C(=O)O)cc3cc2c1. The Balaban J connectivity index is 2.16. The Labute approximate surface area is 126 Å². The Kier molecular flexibility index (Phi) is 3.51. The number of carboxylic acids is 1. The van der Waals surface area contributed by atoms with Crippen LogP contribution in [0, 0.1) is 0 Å². The molecule has 0 amide bonds. The van der Waals surface area contributed by atoms with Crippen molar-refractivity contribution in [2.24, 2.45) is 0 Å². The summed E-state index contributed by atoms with van der Waals surface area (Å²) in [4.78, 5) is 22.9. The molecule has 0 saturated heterocycles. The number of rotatable bonds is 3. The van der Waals surface area contributed by atoms with Gasteiger partial charge in [0.05, 0.1) is 17.7 Å². The van der Waals surface area contributed by atoms with E-state index in [2.05, 4.69) is 0 Å². The molecule has 4 heteroatoms. The summed E-state index contributed by atoms with van der Waals surface area (Å²) in [7, 11) is 0. The van der Waals surface area contributed by atoms with Crippen LogP contribution in [0.25, 0.3) is 21.5 Å². The largest absolute Gasteiger partial charge is 0.478 e. The van der Waals surface area contributed by atoms with Gasteiger partial charge in [-0.25, -0.2) is 9.59 Å². The maximum absolute atomic E-state index is 11.8. The van der Waals surface area contributed by atoms with E-state index in [1.165, 1.54) is 0 Å². The molecule has 3 aromatic carbocycles. The summed E-state index contributed by atoms with van der Waals surface area (Å²) >= 11 is 0. The number of hydrogen-bond donors (Lipinski definition) is 1. The number of esters is 1. The average molecular weight is 294 g/mol. The van der Waals surface area contributed by atoms with Crippen molar-refractivity contribution in [1.82, 2.24) is 0 Å². The first kappa shape index (κ1) is 14.1. The summed E-state index contributed by atoms with van der Waals surface area (Å²) in [6.07, 6.45) is 0. The second kappa shape index (κ2) is 5.48. The van der Waals surface area contributed by atoms with Crippen molar-refractivity contribution in [3.63, 3.8) is 0 Å². The zero-order chi connectivity index (χ0) is 15.7. The molecule has 0 radical (unpaired) electrons. The highest BCUT2D eigenvalue weighted by Crippen LogP contribution is 2.25. The maximum Gasteiger partial charge on any atom is 0.338 e. The van der Waals surface area contributed by atoms with E-state index in [1.807, 2.05) is 18.2 Å². The van der Waals surface area contributed by atoms with Gasteiger partial charge in [0, 0.05) is 0 Å². The molecule has 0 saturated carbocycles. The number of carbonyl (C=O) groups is 2. The van der Waals surface area contributed by atoms with E-state index in [1.54, 1.807) is 37.3 Å². The minimum absolute atomic E-state index is 0.244. The van der Waals surface area contributed by atoms with E-state index in [-0.39, 0.29) is 11.5 Å². The molecule has 0 bridgehead atoms. The Morgan fingerprint density at radius 2 is 1.41 bits per heavy atom. The van der Waals surface area contributed by atoms with Gasteiger partial charge in [0.25, 0.3) is 0 Å². The topological polar surface area (TPSA) is 63.6 Å². The summed E-state index contributed by atoms with van der Waals surface area (Å²) in [5.41, 5.74) is 0.733. The minimum atomic E-state index is -0.956. The lowest BCUT2D eigenvalue weighted by Crippen LogP contribution is -2.04. The third kappa shape index (κ3) is 2.51. The van der Waals surface area contributed by atoms with Crippen molar-refractivity contribution in [1.29, 1.82) is 0 Å². The van der Waals surface area contributed by atoms with E-state index >= 15 is 0 Å². The van der Waals surface area contributed by atoms with Gasteiger partial charge in [-0.05, 0) is 64.9 Å². The number of carbonyl (C=O) groups excluding carboxylic acids is 1. The Bertz CT molecular complexity index is 896. The van der Waals surface area contributed by atoms with Crippen molar-refractivity contribution in [2.45, 2.75) is 6.92 Å². The number of fused-ring (bicyclic) bond motifs is 2. The first-order valence-electron chi connectivity index (χ1n) is 6.96. The number of ether oxygens (including phenoxy) is 1. The molecule has 3 aromatic rings. The molecule has 0 spiro atoms. The molecule has 4 nitrogen and oxygen atoms in total. The van der Waals surface area contributed by atoms with Crippen molar-refractivity contribution in [2.75, 3.05) is 6.61 Å². The Hall–Kier alpha value is -2.88. The van der Waals surface area contributed by atoms with Gasteiger partial charge in [-0.2, -0.15) is 0 Å². The van der Waals surface area contributed by atoms with Crippen LogP contribution < -0.4 is 0 Å². The number of carboxylic acid groups (broad SMARTS) is 1. The monoisotopic (exact) mass is 294 g/mol. The lowest BCUT2D eigenvalue weighted by Gasteiger charge is -2.06. The van der Waals surface area contributed by atoms with E-state index in [9.17, 15) is 9.59 Å². The van der Waals surface area contributed by atoms with E-state index in [0.29, 0.717) is 12.2 Å². The van der Waals surface area contributed by atoms with Gasteiger partial charge in [0.1, 0.15) is 0 Å². The molecule has 110 valence electrons. The van der Waals surface area contributed by atoms with Crippen molar-refractivity contribution in [3.8, 4) is 0 Å². The molecule has 0 aromatic heterocycles. The molecule has 0 atom stereocenters. The molecule has 22 heavy (non-hydrogen) atoms. The molecule has 0 aliphatic rings. The van der Waals surface area contributed by atoms with Crippen molar-refractivity contribution >= 4 is 33.5 Å². The first-order chi connectivity index (χ1) is 10.6. The van der Waals surface area contributed by atoms with Crippen molar-refractivity contribution < 1.29 is 19.4 Å². The van der Waals surface area contributed by atoms with Crippen LogP contribution >= 0.6 is 0 Å². The second-order valence-corrected chi connectivity index (χ2v) is 5.00. The predicted molar refractivity (Wildman–Crippen MR) is 84.4 cm³/mol. The van der Waals surface area contributed by atoms with Crippen LogP contribution in [0.2, 0.25) is 0 Å². The Morgan fingerprint density at radius 3 is 2.00 bits per heavy atom. The van der Waals surface area contributed by atoms with Gasteiger partial charge < -0.3 is 9.84 Å². The molecular weight excluding hydrogens is 280 g/mol. The summed E-state index contributed by atoms with van der Waals surface area (Å²) in [6.45, 7) is 2.09. The third-order valence-electron chi connectivity index (χ3n) is 3.55. The summed E-state index contributed by atoms with van der Waals surface area (Å²) in [6, 6.07) is 14.2. The van der Waals surface area contributed by atoms with Crippen LogP contribution in [0.5, 0.6) is 0 Å². The molecule has 0 fully saturated rings. The van der Waals surface area contributed by atoms with Gasteiger partial charge >= 0.3 is 11.9 Å². The molecule has 3 rings (SSSR count). The standard InChI is InChI=1S/C18H14O4/c1-2-22-18(21)14-6-4-12-7-11-3-5-13(17(19)20)8-15(11)10-16(12)9-14/h3-10H,2H2,1H3,(H,19,20). The average Bonchev–Trinajstić information content (AvgIpc) is 2.51. The number of hydrogen-bond acceptors (Lipinski definition) is 3. The highest BCUT2D eigenvalue weighted by molar-refractivity contribution is 6.03.